The number of nitrogen functional groups attached to an aromatic ring is 1. The van der Waals surface area contributed by atoms with Gasteiger partial charge in [0.05, 0.1) is 24.6 Å². The number of carbonyl (C=O) groups excluding carboxylic acids is 4. The monoisotopic (exact) mass is 735 g/mol. The predicted molar refractivity (Wildman–Crippen MR) is 172 cm³/mol. The number of hydrogen-bond donors (Lipinski definition) is 7. The number of amides is 3. The van der Waals surface area contributed by atoms with Crippen LogP contribution in [0.1, 0.15) is 42.0 Å². The van der Waals surface area contributed by atoms with Crippen LogP contribution in [0.5, 0.6) is 5.75 Å². The Morgan fingerprint density at radius 1 is 1.16 bits per heavy atom. The summed E-state index contributed by atoms with van der Waals surface area (Å²) in [6.45, 7) is 1.82. The van der Waals surface area contributed by atoms with Crippen LogP contribution in [-0.2, 0) is 40.7 Å². The molecular weight excluding hydrogens is 706 g/mol. The van der Waals surface area contributed by atoms with Crippen LogP contribution >= 0.6 is 11.3 Å². The molecule has 1 saturated heterocycles. The number of ketones is 1. The Kier molecular flexibility index (Phi) is 10.6. The zero-order valence-electron chi connectivity index (χ0n) is 26.0. The number of anilines is 2. The third-order valence-electron chi connectivity index (χ3n) is 7.19. The minimum atomic E-state index is -5.10. The maximum absolute atomic E-state index is 13.3. The molecule has 1 aliphatic heterocycles. The zero-order valence-corrected chi connectivity index (χ0v) is 27.6. The number of carboxylic acid groups (broad SMARTS) is 1. The topological polar surface area (TPSA) is 310 Å². The Hall–Kier alpha value is -5.87. The highest BCUT2D eigenvalue weighted by Gasteiger charge is 2.54. The van der Waals surface area contributed by atoms with Gasteiger partial charge in [-0.1, -0.05) is 17.3 Å². The smallest absolute Gasteiger partial charge is 0.362 e. The molecule has 3 amide bonds. The summed E-state index contributed by atoms with van der Waals surface area (Å²) in [5.74, 6) is -7.13. The van der Waals surface area contributed by atoms with Crippen molar-refractivity contribution in [2.75, 3.05) is 17.6 Å². The van der Waals surface area contributed by atoms with E-state index < -0.39 is 92.9 Å². The van der Waals surface area contributed by atoms with E-state index in [1.807, 2.05) is 0 Å². The van der Waals surface area contributed by atoms with Gasteiger partial charge in [-0.25, -0.2) is 14.1 Å². The molecule has 22 heteroatoms. The average Bonchev–Trinajstić information content (AvgIpc) is 3.45. The summed E-state index contributed by atoms with van der Waals surface area (Å²) >= 11 is 0.929. The fourth-order valence-corrected chi connectivity index (χ4v) is 5.96. The largest absolute Gasteiger partial charge is 0.503 e. The number of aromatic nitrogens is 2. The summed E-state index contributed by atoms with van der Waals surface area (Å²) in [6, 6.07) is 5.05. The Bertz CT molecular complexity index is 2060. The van der Waals surface area contributed by atoms with Crippen molar-refractivity contribution >= 4 is 67.6 Å². The second kappa shape index (κ2) is 14.3. The van der Waals surface area contributed by atoms with Gasteiger partial charge in [0, 0.05) is 30.1 Å². The minimum Gasteiger partial charge on any atom is -0.503 e. The van der Waals surface area contributed by atoms with E-state index in [1.165, 1.54) is 29.6 Å². The summed E-state index contributed by atoms with van der Waals surface area (Å²) in [7, 11) is -5.10. The van der Waals surface area contributed by atoms with E-state index in [9.17, 15) is 57.2 Å². The maximum Gasteiger partial charge on any atom is 0.362 e. The van der Waals surface area contributed by atoms with Gasteiger partial charge in [-0.15, -0.1) is 11.3 Å². The van der Waals surface area contributed by atoms with Crippen LogP contribution in [0.15, 0.2) is 51.9 Å². The van der Waals surface area contributed by atoms with Crippen molar-refractivity contribution in [1.29, 1.82) is 0 Å². The van der Waals surface area contributed by atoms with E-state index in [0.29, 0.717) is 11.8 Å². The lowest BCUT2D eigenvalue weighted by Gasteiger charge is -2.44. The molecule has 0 bridgehead atoms. The summed E-state index contributed by atoms with van der Waals surface area (Å²) in [6.07, 6.45) is -0.307. The standard InChI is InChI=1S/C28H29N7O13S2/c1-28(2,26(42)43)48-33-23(16-12-49-27(29)32-16)20(37)8-15-18(35(25(15)41)50(45,46)47)10-30-22(39)7-13-3-5-14(6-4-13)31-24(40)17-9-19(36)21(38)11-34(17)44/h3-6,9,11-12,15,18,38,44H,7-8,10H2,1-2H3,(H2,29,32)(H,30,39)(H,31,40)(H,42,43)(H,45,46,47)/b33-23-/t15-,18+/m0/s1. The van der Waals surface area contributed by atoms with Crippen LogP contribution in [0.3, 0.4) is 0 Å². The van der Waals surface area contributed by atoms with E-state index in [0.717, 1.165) is 31.3 Å². The van der Waals surface area contributed by atoms with Crippen molar-refractivity contribution in [3.8, 4) is 5.75 Å². The molecular formula is C28H29N7O13S2. The van der Waals surface area contributed by atoms with Gasteiger partial charge >= 0.3 is 16.3 Å². The van der Waals surface area contributed by atoms with E-state index in [2.05, 4.69) is 20.8 Å². The summed E-state index contributed by atoms with van der Waals surface area (Å²) in [5, 5.41) is 38.3. The number of aliphatic carboxylic acids is 1. The van der Waals surface area contributed by atoms with Crippen molar-refractivity contribution in [2.45, 2.75) is 38.3 Å². The van der Waals surface area contributed by atoms with Crippen molar-refractivity contribution in [2.24, 2.45) is 11.1 Å². The number of nitrogens with one attached hydrogen (secondary N) is 2. The van der Waals surface area contributed by atoms with Gasteiger partial charge in [0.2, 0.25) is 22.8 Å². The molecule has 1 aromatic carbocycles. The van der Waals surface area contributed by atoms with Gasteiger partial charge in [-0.2, -0.15) is 13.1 Å². The number of hydrogen-bond acceptors (Lipinski definition) is 15. The predicted octanol–water partition coefficient (Wildman–Crippen LogP) is -0.386. The van der Waals surface area contributed by atoms with Crippen LogP contribution in [0.2, 0.25) is 0 Å². The number of thiazole rings is 1. The fraction of sp³-hybridized carbons (Fsp3) is 0.286. The first-order chi connectivity index (χ1) is 23.3. The highest BCUT2D eigenvalue weighted by Crippen LogP contribution is 2.32. The number of carbonyl (C=O) groups is 5. The molecule has 1 fully saturated rings. The molecule has 0 unspecified atom stereocenters. The first-order valence-corrected chi connectivity index (χ1v) is 16.4. The molecule has 50 heavy (non-hydrogen) atoms. The number of rotatable bonds is 14. The molecule has 266 valence electrons. The summed E-state index contributed by atoms with van der Waals surface area (Å²) in [4.78, 5) is 83.3. The van der Waals surface area contributed by atoms with Gasteiger partial charge in [0.15, 0.2) is 22.4 Å². The minimum absolute atomic E-state index is 0.0302. The van der Waals surface area contributed by atoms with E-state index >= 15 is 0 Å². The molecule has 0 spiro atoms. The maximum atomic E-state index is 13.3. The van der Waals surface area contributed by atoms with Crippen molar-refractivity contribution in [3.63, 3.8) is 0 Å². The molecule has 0 aliphatic carbocycles. The van der Waals surface area contributed by atoms with E-state index in [1.54, 1.807) is 0 Å². The number of β-lactam (4-membered cyclic amide) rings is 1. The van der Waals surface area contributed by atoms with Crippen LogP contribution in [0, 0.1) is 5.92 Å². The van der Waals surface area contributed by atoms with Gasteiger partial charge in [-0.05, 0) is 31.5 Å². The lowest BCUT2D eigenvalue weighted by molar-refractivity contribution is -0.161. The molecule has 0 radical (unpaired) electrons. The SMILES string of the molecule is CC(C)(O/N=C(\C(=O)C[C@@H]1C(=O)N(S(=O)(=O)O)[C@@H]1CNC(=O)Cc1ccc(NC(=O)c2cc(=O)c(O)cn2O)cc1)c1csc(N)n1)C(=O)O. The normalized spacial score (nSPS) is 16.3. The number of nitrogens with two attached hydrogens (primary N) is 1. The summed E-state index contributed by atoms with van der Waals surface area (Å²) < 4.78 is 33.9. The highest BCUT2D eigenvalue weighted by atomic mass is 32.2. The molecule has 1 aliphatic rings. The van der Waals surface area contributed by atoms with E-state index in [4.69, 9.17) is 10.6 Å². The van der Waals surface area contributed by atoms with Crippen molar-refractivity contribution in [3.05, 3.63) is 69.1 Å². The van der Waals surface area contributed by atoms with Crippen molar-refractivity contribution in [1.82, 2.24) is 19.3 Å². The number of benzene rings is 1. The number of aromatic hydroxyl groups is 1. The van der Waals surface area contributed by atoms with Gasteiger partial charge in [0.25, 0.3) is 5.91 Å². The van der Waals surface area contributed by atoms with Gasteiger partial charge in [-0.3, -0.25) is 28.5 Å². The molecule has 4 rings (SSSR count). The number of nitrogens with zero attached hydrogens (tertiary/aromatic N) is 4. The fourth-order valence-electron chi connectivity index (χ4n) is 4.49. The zero-order chi connectivity index (χ0) is 37.1. The molecule has 8 N–H and O–H groups in total. The number of oxime groups is 1. The Balaban J connectivity index is 1.42. The lowest BCUT2D eigenvalue weighted by atomic mass is 9.84. The number of carboxylic acids is 1. The second-order valence-corrected chi connectivity index (χ2v) is 13.4. The first-order valence-electron chi connectivity index (χ1n) is 14.1. The van der Waals surface area contributed by atoms with Crippen molar-refractivity contribution < 1.29 is 57.2 Å². The molecule has 2 aromatic heterocycles. The number of pyridine rings is 1. The molecule has 3 aromatic rings. The van der Waals surface area contributed by atoms with Crippen LogP contribution in [-0.4, -0.2) is 95.8 Å². The third-order valence-corrected chi connectivity index (χ3v) is 8.81. The Morgan fingerprint density at radius 3 is 2.40 bits per heavy atom. The quantitative estimate of drug-likeness (QED) is 0.0365. The molecule has 2 atom stereocenters. The first kappa shape index (κ1) is 37.0. The molecule has 20 nitrogen and oxygen atoms in total. The lowest BCUT2D eigenvalue weighted by Crippen LogP contribution is -2.66. The summed E-state index contributed by atoms with van der Waals surface area (Å²) in [5.41, 5.74) is 2.46. The van der Waals surface area contributed by atoms with Gasteiger partial charge in [0.1, 0.15) is 11.4 Å². The van der Waals surface area contributed by atoms with Crippen LogP contribution in [0.25, 0.3) is 0 Å². The average molecular weight is 736 g/mol. The van der Waals surface area contributed by atoms with Crippen LogP contribution in [0.4, 0.5) is 10.8 Å². The number of Topliss-reactive ketones (excluding diaryl/α,β-unsaturated/α-hetero) is 1. The Labute approximate surface area is 285 Å². The molecule has 0 saturated carbocycles. The second-order valence-electron chi connectivity index (χ2n) is 11.2. The Morgan fingerprint density at radius 2 is 1.82 bits per heavy atom. The third kappa shape index (κ3) is 8.40. The van der Waals surface area contributed by atoms with E-state index in [-0.39, 0.29) is 32.0 Å². The van der Waals surface area contributed by atoms with Gasteiger partial charge < -0.3 is 36.6 Å². The molecule has 3 heterocycles. The van der Waals surface area contributed by atoms with Crippen LogP contribution < -0.4 is 21.8 Å². The highest BCUT2D eigenvalue weighted by molar-refractivity contribution is 7.84.